The largest absolute Gasteiger partial charge is 0.497 e. The van der Waals surface area contributed by atoms with E-state index in [2.05, 4.69) is 15.3 Å². The number of nitrogens with one attached hydrogen (secondary N) is 3. The third-order valence-electron chi connectivity index (χ3n) is 7.41. The summed E-state index contributed by atoms with van der Waals surface area (Å²) in [6.07, 6.45) is -4.94. The van der Waals surface area contributed by atoms with Crippen molar-refractivity contribution in [1.29, 1.82) is 0 Å². The van der Waals surface area contributed by atoms with Gasteiger partial charge in [-0.15, -0.1) is 0 Å². The Morgan fingerprint density at radius 1 is 0.978 bits per heavy atom. The van der Waals surface area contributed by atoms with E-state index in [9.17, 15) is 36.3 Å². The lowest BCUT2D eigenvalue weighted by Crippen LogP contribution is -2.29. The average Bonchev–Trinajstić information content (AvgIpc) is 3.50. The maximum atomic E-state index is 14.6. The van der Waals surface area contributed by atoms with E-state index in [1.807, 2.05) is 0 Å². The predicted octanol–water partition coefficient (Wildman–Crippen LogP) is 6.81. The number of aromatic amines is 2. The number of rotatable bonds is 6. The molecule has 0 radical (unpaired) electrons. The molecule has 1 aliphatic rings. The number of ether oxygens (including phenoxy) is 1. The fourth-order valence-electron chi connectivity index (χ4n) is 5.44. The molecule has 0 saturated carbocycles. The molecular formula is C31H20ClF5N4O4. The lowest BCUT2D eigenvalue weighted by molar-refractivity contribution is -0.137. The van der Waals surface area contributed by atoms with Crippen molar-refractivity contribution in [1.82, 2.24) is 14.9 Å². The van der Waals surface area contributed by atoms with Crippen molar-refractivity contribution in [3.05, 3.63) is 127 Å². The first-order chi connectivity index (χ1) is 21.3. The average molecular weight is 643 g/mol. The Hall–Kier alpha value is -5.17. The van der Waals surface area contributed by atoms with Crippen molar-refractivity contribution in [3.8, 4) is 5.75 Å². The Morgan fingerprint density at radius 2 is 1.71 bits per heavy atom. The highest BCUT2D eigenvalue weighted by Gasteiger charge is 2.43. The van der Waals surface area contributed by atoms with Gasteiger partial charge in [-0.05, 0) is 60.2 Å². The number of benzene rings is 4. The SMILES string of the molecule is COc1ccc(CN2C(=O)c3c(c(NC(=O)c4cc(F)cc(C(F)(F)F)c4)cc4[nH]c(=O)[nH]c34)C2c2cc(F)ccc2Cl)cc1. The number of alkyl halides is 3. The fourth-order valence-corrected chi connectivity index (χ4v) is 5.66. The van der Waals surface area contributed by atoms with Crippen LogP contribution in [0.5, 0.6) is 5.75 Å². The molecule has 1 unspecified atom stereocenters. The van der Waals surface area contributed by atoms with Crippen molar-refractivity contribution < 1.29 is 36.3 Å². The molecule has 1 aromatic heterocycles. The second-order valence-corrected chi connectivity index (χ2v) is 10.7. The van der Waals surface area contributed by atoms with Crippen LogP contribution in [0.15, 0.2) is 71.5 Å². The molecule has 230 valence electrons. The van der Waals surface area contributed by atoms with E-state index in [1.54, 1.807) is 24.3 Å². The molecule has 0 spiro atoms. The summed E-state index contributed by atoms with van der Waals surface area (Å²) < 4.78 is 74.2. The van der Waals surface area contributed by atoms with Crippen molar-refractivity contribution in [3.63, 3.8) is 0 Å². The minimum atomic E-state index is -4.94. The smallest absolute Gasteiger partial charge is 0.416 e. The number of carbonyl (C=O) groups is 2. The molecule has 0 saturated heterocycles. The predicted molar refractivity (Wildman–Crippen MR) is 154 cm³/mol. The number of hydrogen-bond acceptors (Lipinski definition) is 4. The maximum Gasteiger partial charge on any atom is 0.416 e. The summed E-state index contributed by atoms with van der Waals surface area (Å²) in [5.74, 6) is -3.17. The molecule has 0 fully saturated rings. The van der Waals surface area contributed by atoms with Crippen molar-refractivity contribution in [2.45, 2.75) is 18.8 Å². The number of H-pyrrole nitrogens is 2. The van der Waals surface area contributed by atoms with E-state index < -0.39 is 52.5 Å². The molecule has 0 bridgehead atoms. The quantitative estimate of drug-likeness (QED) is 0.177. The zero-order valence-electron chi connectivity index (χ0n) is 23.0. The molecule has 3 N–H and O–H groups in total. The number of carbonyl (C=O) groups excluding carboxylic acids is 2. The molecule has 2 heterocycles. The first-order valence-corrected chi connectivity index (χ1v) is 13.6. The van der Waals surface area contributed by atoms with Crippen LogP contribution < -0.4 is 15.7 Å². The van der Waals surface area contributed by atoms with Gasteiger partial charge in [0.2, 0.25) is 0 Å². The second kappa shape index (κ2) is 11.1. The Balaban J connectivity index is 1.54. The van der Waals surface area contributed by atoms with Crippen LogP contribution in [0.3, 0.4) is 0 Å². The monoisotopic (exact) mass is 642 g/mol. The third kappa shape index (κ3) is 5.50. The number of methoxy groups -OCH3 is 1. The molecule has 4 aromatic carbocycles. The fraction of sp³-hybridized carbons (Fsp3) is 0.129. The van der Waals surface area contributed by atoms with Gasteiger partial charge in [-0.25, -0.2) is 13.6 Å². The van der Waals surface area contributed by atoms with E-state index >= 15 is 0 Å². The van der Waals surface area contributed by atoms with Gasteiger partial charge in [0.05, 0.1) is 35.3 Å². The number of imidazole rings is 1. The van der Waals surface area contributed by atoms with E-state index in [1.165, 1.54) is 24.1 Å². The lowest BCUT2D eigenvalue weighted by atomic mass is 9.94. The first kappa shape index (κ1) is 29.9. The Morgan fingerprint density at radius 3 is 2.40 bits per heavy atom. The van der Waals surface area contributed by atoms with E-state index in [0.717, 1.165) is 12.1 Å². The number of hydrogen-bond donors (Lipinski definition) is 3. The topological polar surface area (TPSA) is 107 Å². The van der Waals surface area contributed by atoms with E-state index in [-0.39, 0.29) is 51.0 Å². The zero-order valence-corrected chi connectivity index (χ0v) is 23.7. The molecule has 5 aromatic rings. The highest BCUT2D eigenvalue weighted by atomic mass is 35.5. The first-order valence-electron chi connectivity index (χ1n) is 13.2. The van der Waals surface area contributed by atoms with E-state index in [0.29, 0.717) is 23.4 Å². The summed E-state index contributed by atoms with van der Waals surface area (Å²) in [4.78, 5) is 46.3. The van der Waals surface area contributed by atoms with Crippen molar-refractivity contribution in [2.24, 2.45) is 0 Å². The van der Waals surface area contributed by atoms with Gasteiger partial charge in [-0.3, -0.25) is 9.59 Å². The van der Waals surface area contributed by atoms with Crippen molar-refractivity contribution >= 4 is 40.1 Å². The van der Waals surface area contributed by atoms with Crippen LogP contribution in [0.4, 0.5) is 27.6 Å². The molecule has 8 nitrogen and oxygen atoms in total. The lowest BCUT2D eigenvalue weighted by Gasteiger charge is -2.28. The van der Waals surface area contributed by atoms with Gasteiger partial charge in [0.1, 0.15) is 17.4 Å². The molecule has 14 heteroatoms. The number of fused-ring (bicyclic) bond motifs is 3. The summed E-state index contributed by atoms with van der Waals surface area (Å²) >= 11 is 6.53. The third-order valence-corrected chi connectivity index (χ3v) is 7.76. The van der Waals surface area contributed by atoms with Gasteiger partial charge < -0.3 is 24.9 Å². The molecule has 6 rings (SSSR count). The molecule has 1 aliphatic heterocycles. The Labute approximate surface area is 255 Å². The number of nitrogens with zero attached hydrogens (tertiary/aromatic N) is 1. The summed E-state index contributed by atoms with van der Waals surface area (Å²) in [7, 11) is 1.49. The van der Waals surface area contributed by atoms with Gasteiger partial charge in [0.15, 0.2) is 0 Å². The van der Waals surface area contributed by atoms with Crippen LogP contribution in [-0.4, -0.2) is 33.8 Å². The van der Waals surface area contributed by atoms with Crippen LogP contribution in [0.25, 0.3) is 11.0 Å². The Bertz CT molecular complexity index is 2060. The summed E-state index contributed by atoms with van der Waals surface area (Å²) in [5.41, 5.74) is -1.85. The number of amides is 2. The van der Waals surface area contributed by atoms with Crippen LogP contribution in [0.2, 0.25) is 5.02 Å². The zero-order chi connectivity index (χ0) is 32.2. The van der Waals surface area contributed by atoms with Crippen LogP contribution in [0.1, 0.15) is 49.0 Å². The molecule has 0 aliphatic carbocycles. The summed E-state index contributed by atoms with van der Waals surface area (Å²) in [6.45, 7) is -0.0443. The normalized spacial score (nSPS) is 14.6. The highest BCUT2D eigenvalue weighted by Crippen LogP contribution is 2.47. The summed E-state index contributed by atoms with van der Waals surface area (Å²) in [5, 5.41) is 2.55. The molecular weight excluding hydrogens is 623 g/mol. The van der Waals surface area contributed by atoms with Crippen LogP contribution >= 0.6 is 11.6 Å². The van der Waals surface area contributed by atoms with Gasteiger partial charge in [-0.2, -0.15) is 13.2 Å². The van der Waals surface area contributed by atoms with Gasteiger partial charge >= 0.3 is 11.9 Å². The van der Waals surface area contributed by atoms with Gasteiger partial charge in [0, 0.05) is 33.9 Å². The van der Waals surface area contributed by atoms with Gasteiger partial charge in [0.25, 0.3) is 11.8 Å². The number of aromatic nitrogens is 2. The molecule has 45 heavy (non-hydrogen) atoms. The summed E-state index contributed by atoms with van der Waals surface area (Å²) in [6, 6.07) is 11.8. The Kier molecular flexibility index (Phi) is 7.36. The van der Waals surface area contributed by atoms with Crippen molar-refractivity contribution in [2.75, 3.05) is 12.4 Å². The molecule has 1 atom stereocenters. The highest BCUT2D eigenvalue weighted by molar-refractivity contribution is 6.31. The van der Waals surface area contributed by atoms with E-state index in [4.69, 9.17) is 16.3 Å². The van der Waals surface area contributed by atoms with Crippen LogP contribution in [0, 0.1) is 11.6 Å². The van der Waals surface area contributed by atoms with Crippen LogP contribution in [-0.2, 0) is 12.7 Å². The minimum absolute atomic E-state index is 0.0443. The number of anilines is 1. The number of halogens is 6. The second-order valence-electron chi connectivity index (χ2n) is 10.2. The van der Waals surface area contributed by atoms with Gasteiger partial charge in [-0.1, -0.05) is 23.7 Å². The standard InChI is InChI=1S/C31H20ClF5N4O4/c1-45-19-5-2-14(3-6-19)13-41-27(20-11-17(33)4-7-21(20)32)24-22(12-23-26(25(24)29(41)43)40-30(44)39-23)38-28(42)15-8-16(31(35,36)37)10-18(34)9-15/h2-12,27H,13H2,1H3,(H,38,42)(H2,39,40,44). The maximum absolute atomic E-state index is 14.6. The molecule has 2 amide bonds. The minimum Gasteiger partial charge on any atom is -0.497 e.